The Labute approximate surface area is 80.9 Å². The van der Waals surface area contributed by atoms with Crippen LogP contribution in [0.1, 0.15) is 25.6 Å². The van der Waals surface area contributed by atoms with Gasteiger partial charge in [0, 0.05) is 7.11 Å². The van der Waals surface area contributed by atoms with Crippen LogP contribution in [0, 0.1) is 0 Å². The van der Waals surface area contributed by atoms with E-state index in [0.717, 1.165) is 0 Å². The van der Waals surface area contributed by atoms with Crippen molar-refractivity contribution in [2.75, 3.05) is 7.11 Å². The third kappa shape index (κ3) is 2.29. The Morgan fingerprint density at radius 1 is 1.64 bits per heavy atom. The topological polar surface area (TPSA) is 85.5 Å². The van der Waals surface area contributed by atoms with Crippen LogP contribution in [0.25, 0.3) is 0 Å². The summed E-state index contributed by atoms with van der Waals surface area (Å²) < 4.78 is 9.85. The monoisotopic (exact) mass is 200 g/mol. The van der Waals surface area contributed by atoms with Crippen molar-refractivity contribution in [3.8, 4) is 0 Å². The Balaban J connectivity index is 2.82. The van der Waals surface area contributed by atoms with Gasteiger partial charge in [-0.05, 0) is 13.8 Å². The number of hydrogen-bond donors (Lipinski definition) is 1. The second-order valence-electron chi connectivity index (χ2n) is 3.30. The molecule has 6 heteroatoms. The lowest BCUT2D eigenvalue weighted by Crippen LogP contribution is -2.21. The summed E-state index contributed by atoms with van der Waals surface area (Å²) in [7, 11) is 1.52. The smallest absolute Gasteiger partial charge is 0.312 e. The first-order chi connectivity index (χ1) is 6.45. The van der Waals surface area contributed by atoms with E-state index in [1.165, 1.54) is 7.11 Å². The van der Waals surface area contributed by atoms with Gasteiger partial charge in [-0.15, -0.1) is 0 Å². The maximum absolute atomic E-state index is 10.3. The molecule has 0 spiro atoms. The molecule has 14 heavy (non-hydrogen) atoms. The largest absolute Gasteiger partial charge is 0.481 e. The van der Waals surface area contributed by atoms with Gasteiger partial charge in [-0.3, -0.25) is 4.79 Å². The highest BCUT2D eigenvalue weighted by Crippen LogP contribution is 2.20. The van der Waals surface area contributed by atoms with E-state index < -0.39 is 11.6 Å². The van der Waals surface area contributed by atoms with Gasteiger partial charge in [0.15, 0.2) is 0 Å². The standard InChI is InChI=1S/C8H12N2O4/c1-8(2,13-3)7-9-5(14-10-7)4-6(11)12/h4H2,1-3H3,(H,11,12). The van der Waals surface area contributed by atoms with Gasteiger partial charge >= 0.3 is 5.97 Å². The van der Waals surface area contributed by atoms with Gasteiger partial charge in [0.05, 0.1) is 0 Å². The first-order valence-corrected chi connectivity index (χ1v) is 4.05. The molecule has 78 valence electrons. The van der Waals surface area contributed by atoms with Crippen LogP contribution in [-0.4, -0.2) is 28.3 Å². The van der Waals surface area contributed by atoms with E-state index in [-0.39, 0.29) is 12.3 Å². The second-order valence-corrected chi connectivity index (χ2v) is 3.30. The van der Waals surface area contributed by atoms with E-state index >= 15 is 0 Å². The summed E-state index contributed by atoms with van der Waals surface area (Å²) in [5.41, 5.74) is -0.666. The molecule has 0 radical (unpaired) electrons. The molecule has 0 fully saturated rings. The normalized spacial score (nSPS) is 11.6. The van der Waals surface area contributed by atoms with Gasteiger partial charge in [0.25, 0.3) is 0 Å². The van der Waals surface area contributed by atoms with E-state index in [1.54, 1.807) is 13.8 Å². The SMILES string of the molecule is COC(C)(C)c1noc(CC(=O)O)n1. The molecule has 0 atom stereocenters. The van der Waals surface area contributed by atoms with Crippen LogP contribution in [0.15, 0.2) is 4.52 Å². The zero-order chi connectivity index (χ0) is 10.8. The number of ether oxygens (including phenoxy) is 1. The first kappa shape index (κ1) is 10.6. The number of methoxy groups -OCH3 is 1. The van der Waals surface area contributed by atoms with Crippen molar-refractivity contribution in [2.45, 2.75) is 25.9 Å². The van der Waals surface area contributed by atoms with Crippen molar-refractivity contribution < 1.29 is 19.2 Å². The summed E-state index contributed by atoms with van der Waals surface area (Å²) in [4.78, 5) is 14.2. The molecule has 1 aromatic rings. The third-order valence-corrected chi connectivity index (χ3v) is 1.82. The molecule has 0 saturated heterocycles. The summed E-state index contributed by atoms with van der Waals surface area (Å²) >= 11 is 0. The summed E-state index contributed by atoms with van der Waals surface area (Å²) in [6.07, 6.45) is -0.271. The summed E-state index contributed by atoms with van der Waals surface area (Å²) in [6.45, 7) is 3.53. The maximum Gasteiger partial charge on any atom is 0.312 e. The van der Waals surface area contributed by atoms with E-state index in [4.69, 9.17) is 14.4 Å². The van der Waals surface area contributed by atoms with Crippen molar-refractivity contribution >= 4 is 5.97 Å². The molecule has 1 aromatic heterocycles. The Hall–Kier alpha value is -1.43. The van der Waals surface area contributed by atoms with Crippen LogP contribution in [-0.2, 0) is 21.6 Å². The lowest BCUT2D eigenvalue weighted by molar-refractivity contribution is -0.136. The fourth-order valence-corrected chi connectivity index (χ4v) is 0.792. The minimum Gasteiger partial charge on any atom is -0.481 e. The highest BCUT2D eigenvalue weighted by molar-refractivity contribution is 5.68. The number of carboxylic acids is 1. The zero-order valence-electron chi connectivity index (χ0n) is 8.27. The quantitative estimate of drug-likeness (QED) is 0.765. The van der Waals surface area contributed by atoms with Gasteiger partial charge < -0.3 is 14.4 Å². The van der Waals surface area contributed by atoms with Crippen molar-refractivity contribution in [3.05, 3.63) is 11.7 Å². The number of hydrogen-bond acceptors (Lipinski definition) is 5. The lowest BCUT2D eigenvalue weighted by atomic mass is 10.1. The Bertz CT molecular complexity index is 332. The van der Waals surface area contributed by atoms with E-state index in [9.17, 15) is 4.79 Å². The average molecular weight is 200 g/mol. The number of carboxylic acid groups (broad SMARTS) is 1. The number of rotatable bonds is 4. The second kappa shape index (κ2) is 3.75. The predicted molar refractivity (Wildman–Crippen MR) is 45.7 cm³/mol. The van der Waals surface area contributed by atoms with Gasteiger partial charge in [0.2, 0.25) is 11.7 Å². The van der Waals surface area contributed by atoms with Crippen molar-refractivity contribution in [2.24, 2.45) is 0 Å². The van der Waals surface area contributed by atoms with Crippen LogP contribution in [0.3, 0.4) is 0 Å². The molecule has 1 N–H and O–H groups in total. The summed E-state index contributed by atoms with van der Waals surface area (Å²) in [6, 6.07) is 0. The number of aromatic nitrogens is 2. The predicted octanol–water partition coefficient (Wildman–Crippen LogP) is 0.578. The molecule has 0 aliphatic heterocycles. The zero-order valence-corrected chi connectivity index (χ0v) is 8.27. The molecule has 0 aliphatic rings. The molecule has 0 saturated carbocycles. The first-order valence-electron chi connectivity index (χ1n) is 4.05. The van der Waals surface area contributed by atoms with Crippen molar-refractivity contribution in [1.29, 1.82) is 0 Å². The lowest BCUT2D eigenvalue weighted by Gasteiger charge is -2.17. The van der Waals surface area contributed by atoms with E-state index in [1.807, 2.05) is 0 Å². The molecule has 0 aliphatic carbocycles. The van der Waals surface area contributed by atoms with Gasteiger partial charge in [0.1, 0.15) is 12.0 Å². The molecule has 0 aromatic carbocycles. The third-order valence-electron chi connectivity index (χ3n) is 1.82. The highest BCUT2D eigenvalue weighted by atomic mass is 16.5. The molecule has 6 nitrogen and oxygen atoms in total. The van der Waals surface area contributed by atoms with Crippen molar-refractivity contribution in [1.82, 2.24) is 10.1 Å². The van der Waals surface area contributed by atoms with E-state index in [2.05, 4.69) is 10.1 Å². The van der Waals surface area contributed by atoms with Crippen LogP contribution in [0.4, 0.5) is 0 Å². The highest BCUT2D eigenvalue weighted by Gasteiger charge is 2.26. The Morgan fingerprint density at radius 3 is 2.79 bits per heavy atom. The number of carbonyl (C=O) groups is 1. The van der Waals surface area contributed by atoms with Gasteiger partial charge in [-0.1, -0.05) is 5.16 Å². The van der Waals surface area contributed by atoms with Crippen LogP contribution >= 0.6 is 0 Å². The average Bonchev–Trinajstić information content (AvgIpc) is 2.52. The minimum atomic E-state index is -1.00. The van der Waals surface area contributed by atoms with Gasteiger partial charge in [-0.2, -0.15) is 4.98 Å². The number of nitrogens with zero attached hydrogens (tertiary/aromatic N) is 2. The maximum atomic E-state index is 10.3. The fraction of sp³-hybridized carbons (Fsp3) is 0.625. The molecule has 1 heterocycles. The fourth-order valence-electron chi connectivity index (χ4n) is 0.792. The Morgan fingerprint density at radius 2 is 2.29 bits per heavy atom. The molecule has 0 amide bonds. The molecule has 0 unspecified atom stereocenters. The molecule has 1 rings (SSSR count). The van der Waals surface area contributed by atoms with Crippen LogP contribution in [0.5, 0.6) is 0 Å². The van der Waals surface area contributed by atoms with Crippen molar-refractivity contribution in [3.63, 3.8) is 0 Å². The minimum absolute atomic E-state index is 0.0811. The van der Waals surface area contributed by atoms with Gasteiger partial charge in [-0.25, -0.2) is 0 Å². The van der Waals surface area contributed by atoms with Crippen LogP contribution < -0.4 is 0 Å². The van der Waals surface area contributed by atoms with E-state index in [0.29, 0.717) is 5.82 Å². The molecular weight excluding hydrogens is 188 g/mol. The Kier molecular flexibility index (Phi) is 2.85. The molecular formula is C8H12N2O4. The van der Waals surface area contributed by atoms with Crippen LogP contribution in [0.2, 0.25) is 0 Å². The molecule has 0 bridgehead atoms. The summed E-state index contributed by atoms with van der Waals surface area (Å²) in [5, 5.41) is 12.1. The number of aliphatic carboxylic acids is 1. The summed E-state index contributed by atoms with van der Waals surface area (Å²) in [5.74, 6) is -0.579.